The van der Waals surface area contributed by atoms with Gasteiger partial charge in [0.1, 0.15) is 11.9 Å². The van der Waals surface area contributed by atoms with Gasteiger partial charge >= 0.3 is 6.09 Å². The van der Waals surface area contributed by atoms with Gasteiger partial charge in [-0.3, -0.25) is 9.69 Å². The van der Waals surface area contributed by atoms with Gasteiger partial charge in [-0.05, 0) is 35.9 Å². The van der Waals surface area contributed by atoms with Crippen LogP contribution in [0.15, 0.2) is 24.3 Å². The number of thioether (sulfide) groups is 1. The maximum Gasteiger partial charge on any atom is 0.414 e. The molecule has 0 saturated carbocycles. The smallest absolute Gasteiger partial charge is 0.414 e. The average Bonchev–Trinajstić information content (AvgIpc) is 2.94. The Bertz CT molecular complexity index is 692. The van der Waals surface area contributed by atoms with Crippen LogP contribution in [0.25, 0.3) is 5.57 Å². The molecule has 128 valence electrons. The van der Waals surface area contributed by atoms with Crippen molar-refractivity contribution in [3.8, 4) is 0 Å². The molecule has 7 heteroatoms. The van der Waals surface area contributed by atoms with Gasteiger partial charge < -0.3 is 10.1 Å². The van der Waals surface area contributed by atoms with Gasteiger partial charge in [0, 0.05) is 18.2 Å². The molecule has 0 radical (unpaired) electrons. The zero-order valence-electron chi connectivity index (χ0n) is 13.4. The number of amides is 2. The number of hydrogen-bond donors (Lipinski definition) is 1. The van der Waals surface area contributed by atoms with Gasteiger partial charge in [-0.25, -0.2) is 9.18 Å². The minimum Gasteiger partial charge on any atom is -0.442 e. The standard InChI is InChI=1S/C17H19FN2O3S/c1-11(21)19-9-14-10-20(17(22)23-14)13-2-3-15(16(18)8-13)12-4-6-24-7-5-12/h2-4,8,14H,5-7,9-10H2,1H3,(H,19,21)/t14-/m0/s1. The molecule has 0 spiro atoms. The zero-order valence-corrected chi connectivity index (χ0v) is 14.2. The van der Waals surface area contributed by atoms with Crippen molar-refractivity contribution >= 4 is 35.0 Å². The summed E-state index contributed by atoms with van der Waals surface area (Å²) in [5, 5.41) is 2.62. The van der Waals surface area contributed by atoms with Crippen LogP contribution < -0.4 is 10.2 Å². The molecule has 1 fully saturated rings. The molecule has 1 aromatic carbocycles. The van der Waals surface area contributed by atoms with Crippen molar-refractivity contribution in [2.24, 2.45) is 0 Å². The normalized spacial score (nSPS) is 20.6. The first-order chi connectivity index (χ1) is 11.5. The quantitative estimate of drug-likeness (QED) is 0.907. The lowest BCUT2D eigenvalue weighted by Crippen LogP contribution is -2.33. The molecule has 3 rings (SSSR count). The lowest BCUT2D eigenvalue weighted by molar-refractivity contribution is -0.119. The third-order valence-electron chi connectivity index (χ3n) is 4.03. The van der Waals surface area contributed by atoms with Crippen LogP contribution >= 0.6 is 11.8 Å². The predicted molar refractivity (Wildman–Crippen MR) is 92.6 cm³/mol. The van der Waals surface area contributed by atoms with E-state index in [1.54, 1.807) is 12.1 Å². The monoisotopic (exact) mass is 350 g/mol. The fraction of sp³-hybridized carbons (Fsp3) is 0.412. The van der Waals surface area contributed by atoms with Crippen molar-refractivity contribution in [2.75, 3.05) is 29.5 Å². The van der Waals surface area contributed by atoms with Crippen LogP contribution in [0.5, 0.6) is 0 Å². The zero-order chi connectivity index (χ0) is 17.1. The number of carbonyl (C=O) groups is 2. The SMILES string of the molecule is CC(=O)NC[C@H]1CN(c2ccc(C3=CCSCC3)c(F)c2)C(=O)O1. The second-order valence-electron chi connectivity index (χ2n) is 5.77. The van der Waals surface area contributed by atoms with Crippen molar-refractivity contribution in [1.29, 1.82) is 0 Å². The molecular formula is C17H19FN2O3S. The van der Waals surface area contributed by atoms with Gasteiger partial charge in [-0.1, -0.05) is 6.08 Å². The van der Waals surface area contributed by atoms with Gasteiger partial charge in [0.25, 0.3) is 0 Å². The van der Waals surface area contributed by atoms with E-state index in [1.807, 2.05) is 11.8 Å². The molecule has 1 saturated heterocycles. The summed E-state index contributed by atoms with van der Waals surface area (Å²) in [5.41, 5.74) is 2.09. The number of allylic oxidation sites excluding steroid dienone is 1. The Labute approximate surface area is 144 Å². The maximum atomic E-state index is 14.5. The lowest BCUT2D eigenvalue weighted by atomic mass is 10.0. The molecule has 24 heavy (non-hydrogen) atoms. The number of nitrogens with one attached hydrogen (secondary N) is 1. The Morgan fingerprint density at radius 3 is 3.00 bits per heavy atom. The summed E-state index contributed by atoms with van der Waals surface area (Å²) in [6, 6.07) is 4.84. The molecule has 2 aliphatic rings. The minimum atomic E-state index is -0.522. The molecule has 0 aromatic heterocycles. The van der Waals surface area contributed by atoms with Crippen LogP contribution in [0.1, 0.15) is 18.9 Å². The summed E-state index contributed by atoms with van der Waals surface area (Å²) in [4.78, 5) is 24.3. The molecule has 0 bridgehead atoms. The molecule has 1 aromatic rings. The number of carbonyl (C=O) groups excluding carboxylic acids is 2. The van der Waals surface area contributed by atoms with E-state index in [0.717, 1.165) is 23.5 Å². The van der Waals surface area contributed by atoms with Crippen molar-refractivity contribution in [1.82, 2.24) is 5.32 Å². The van der Waals surface area contributed by atoms with E-state index < -0.39 is 12.2 Å². The summed E-state index contributed by atoms with van der Waals surface area (Å²) >= 11 is 1.83. The van der Waals surface area contributed by atoms with Gasteiger partial charge in [-0.2, -0.15) is 11.8 Å². The van der Waals surface area contributed by atoms with E-state index in [1.165, 1.54) is 17.9 Å². The van der Waals surface area contributed by atoms with Gasteiger partial charge in [0.2, 0.25) is 5.91 Å². The predicted octanol–water partition coefficient (Wildman–Crippen LogP) is 2.81. The Balaban J connectivity index is 1.73. The number of cyclic esters (lactones) is 1. The third kappa shape index (κ3) is 3.72. The number of halogens is 1. The highest BCUT2D eigenvalue weighted by Crippen LogP contribution is 2.31. The summed E-state index contributed by atoms with van der Waals surface area (Å²) in [5.74, 6) is 1.39. The first kappa shape index (κ1) is 16.8. The second-order valence-corrected chi connectivity index (χ2v) is 6.92. The van der Waals surface area contributed by atoms with Crippen LogP contribution in [0.3, 0.4) is 0 Å². The number of nitrogens with zero attached hydrogens (tertiary/aromatic N) is 1. The van der Waals surface area contributed by atoms with E-state index in [2.05, 4.69) is 11.4 Å². The van der Waals surface area contributed by atoms with Gasteiger partial charge in [-0.15, -0.1) is 0 Å². The number of ether oxygens (including phenoxy) is 1. The molecule has 1 atom stereocenters. The molecule has 2 heterocycles. The van der Waals surface area contributed by atoms with Crippen molar-refractivity contribution in [3.05, 3.63) is 35.7 Å². The molecule has 0 aliphatic carbocycles. The first-order valence-corrected chi connectivity index (χ1v) is 8.99. The minimum absolute atomic E-state index is 0.182. The largest absolute Gasteiger partial charge is 0.442 e. The van der Waals surface area contributed by atoms with Crippen LogP contribution in [0, 0.1) is 5.82 Å². The highest BCUT2D eigenvalue weighted by Gasteiger charge is 2.32. The number of anilines is 1. The highest BCUT2D eigenvalue weighted by molar-refractivity contribution is 7.99. The number of rotatable bonds is 4. The van der Waals surface area contributed by atoms with Gasteiger partial charge in [0.15, 0.2) is 0 Å². The fourth-order valence-electron chi connectivity index (χ4n) is 2.80. The fourth-order valence-corrected chi connectivity index (χ4v) is 3.65. The summed E-state index contributed by atoms with van der Waals surface area (Å²) in [6.07, 6.45) is 1.96. The molecule has 5 nitrogen and oxygen atoms in total. The van der Waals surface area contributed by atoms with E-state index >= 15 is 0 Å². The van der Waals surface area contributed by atoms with Crippen LogP contribution in [0.2, 0.25) is 0 Å². The first-order valence-electron chi connectivity index (χ1n) is 7.84. The molecule has 2 amide bonds. The van der Waals surface area contributed by atoms with Crippen LogP contribution in [-0.2, 0) is 9.53 Å². The number of hydrogen-bond acceptors (Lipinski definition) is 4. The highest BCUT2D eigenvalue weighted by atomic mass is 32.2. The Morgan fingerprint density at radius 1 is 1.50 bits per heavy atom. The van der Waals surface area contributed by atoms with Crippen molar-refractivity contribution in [3.63, 3.8) is 0 Å². The Hall–Kier alpha value is -2.02. The third-order valence-corrected chi connectivity index (χ3v) is 4.92. The van der Waals surface area contributed by atoms with E-state index in [4.69, 9.17) is 4.74 Å². The lowest BCUT2D eigenvalue weighted by Gasteiger charge is -2.17. The van der Waals surface area contributed by atoms with Crippen molar-refractivity contribution < 1.29 is 18.7 Å². The van der Waals surface area contributed by atoms with Crippen molar-refractivity contribution in [2.45, 2.75) is 19.4 Å². The van der Waals surface area contributed by atoms with E-state index in [0.29, 0.717) is 11.3 Å². The van der Waals surface area contributed by atoms with Gasteiger partial charge in [0.05, 0.1) is 18.8 Å². The average molecular weight is 350 g/mol. The maximum absolute atomic E-state index is 14.5. The number of benzene rings is 1. The van der Waals surface area contributed by atoms with E-state index in [9.17, 15) is 14.0 Å². The molecular weight excluding hydrogens is 331 g/mol. The Morgan fingerprint density at radius 2 is 2.33 bits per heavy atom. The Kier molecular flexibility index (Phi) is 5.08. The van der Waals surface area contributed by atoms with Crippen LogP contribution in [0.4, 0.5) is 14.9 Å². The molecule has 2 aliphatic heterocycles. The second kappa shape index (κ2) is 7.25. The molecule has 0 unspecified atom stereocenters. The summed E-state index contributed by atoms with van der Waals surface area (Å²) in [6.45, 7) is 1.95. The topological polar surface area (TPSA) is 58.6 Å². The summed E-state index contributed by atoms with van der Waals surface area (Å²) < 4.78 is 19.7. The molecule has 1 N–H and O–H groups in total. The van der Waals surface area contributed by atoms with Crippen LogP contribution in [-0.4, -0.2) is 42.7 Å². The summed E-state index contributed by atoms with van der Waals surface area (Å²) in [7, 11) is 0. The van der Waals surface area contributed by atoms with E-state index in [-0.39, 0.29) is 24.8 Å².